The topological polar surface area (TPSA) is 125 Å². The molecule has 0 radical (unpaired) electrons. The van der Waals surface area contributed by atoms with Crippen molar-refractivity contribution in [2.75, 3.05) is 24.9 Å². The summed E-state index contributed by atoms with van der Waals surface area (Å²) >= 11 is 0. The number of fused-ring (bicyclic) bond motifs is 1. The van der Waals surface area contributed by atoms with E-state index in [9.17, 15) is 14.0 Å². The molecular weight excluding hydrogens is 479 g/mol. The summed E-state index contributed by atoms with van der Waals surface area (Å²) in [7, 11) is 3.02. The van der Waals surface area contributed by atoms with Gasteiger partial charge in [-0.1, -0.05) is 18.2 Å². The van der Waals surface area contributed by atoms with Gasteiger partial charge in [-0.3, -0.25) is 14.6 Å². The van der Waals surface area contributed by atoms with Crippen molar-refractivity contribution >= 4 is 34.1 Å². The molecule has 188 valence electrons. The third-order valence-corrected chi connectivity index (χ3v) is 5.30. The first-order valence-electron chi connectivity index (χ1n) is 11.0. The zero-order chi connectivity index (χ0) is 26.4. The van der Waals surface area contributed by atoms with Gasteiger partial charge >= 0.3 is 0 Å². The largest absolute Gasteiger partial charge is 0.493 e. The summed E-state index contributed by atoms with van der Waals surface area (Å²) in [5.41, 5.74) is 6.33. The van der Waals surface area contributed by atoms with Crippen LogP contribution >= 0.6 is 0 Å². The minimum Gasteiger partial charge on any atom is -0.493 e. The van der Waals surface area contributed by atoms with E-state index in [1.807, 2.05) is 0 Å². The van der Waals surface area contributed by atoms with Gasteiger partial charge < -0.3 is 30.6 Å². The number of ether oxygens (including phenoxy) is 3. The first kappa shape index (κ1) is 25.0. The predicted octanol–water partition coefficient (Wildman–Crippen LogP) is 4.60. The highest BCUT2D eigenvalue weighted by Crippen LogP contribution is 2.37. The molecule has 0 aliphatic heterocycles. The number of halogens is 1. The number of aromatic nitrogens is 1. The van der Waals surface area contributed by atoms with Gasteiger partial charge in [-0.2, -0.15) is 0 Å². The van der Waals surface area contributed by atoms with Crippen molar-refractivity contribution in [3.8, 4) is 23.0 Å². The van der Waals surface area contributed by atoms with Crippen LogP contribution in [0.2, 0.25) is 0 Å². The fourth-order valence-corrected chi connectivity index (χ4v) is 3.49. The second kappa shape index (κ2) is 11.1. The number of benzene rings is 3. The number of nitrogens with two attached hydrogens (primary N) is 1. The predicted molar refractivity (Wildman–Crippen MR) is 137 cm³/mol. The minimum atomic E-state index is -0.801. The Bertz CT molecular complexity index is 1490. The second-order valence-corrected chi connectivity index (χ2v) is 7.64. The number of amides is 2. The Morgan fingerprint density at radius 3 is 2.16 bits per heavy atom. The Morgan fingerprint density at radius 2 is 1.51 bits per heavy atom. The first-order valence-corrected chi connectivity index (χ1v) is 11.0. The molecule has 0 aliphatic carbocycles. The molecule has 4 N–H and O–H groups in total. The molecule has 4 aromatic rings. The molecule has 0 atom stereocenters. The third-order valence-electron chi connectivity index (χ3n) is 5.30. The van der Waals surface area contributed by atoms with Crippen LogP contribution in [0, 0.1) is 5.82 Å². The number of methoxy groups -OCH3 is 2. The highest BCUT2D eigenvalue weighted by Gasteiger charge is 2.19. The number of rotatable bonds is 8. The number of anilines is 2. The van der Waals surface area contributed by atoms with Crippen LogP contribution in [0.1, 0.15) is 0 Å². The zero-order valence-corrected chi connectivity index (χ0v) is 19.9. The van der Waals surface area contributed by atoms with Crippen molar-refractivity contribution in [2.45, 2.75) is 0 Å². The lowest BCUT2D eigenvalue weighted by molar-refractivity contribution is -0.118. The lowest BCUT2D eigenvalue weighted by atomic mass is 10.1. The molecule has 4 rings (SSSR count). The SMILES string of the molecule is COc1cc2nccc(Oc3ccc(NC(=O)/C(=C/N)C(=O)Nc4ccccc4)cc3F)c2cc1OC. The first-order chi connectivity index (χ1) is 17.9. The summed E-state index contributed by atoms with van der Waals surface area (Å²) in [5, 5.41) is 5.62. The van der Waals surface area contributed by atoms with Crippen molar-refractivity contribution in [1.29, 1.82) is 0 Å². The van der Waals surface area contributed by atoms with Crippen molar-refractivity contribution in [3.63, 3.8) is 0 Å². The summed E-state index contributed by atoms with van der Waals surface area (Å²) in [4.78, 5) is 29.4. The molecule has 37 heavy (non-hydrogen) atoms. The molecule has 0 bridgehead atoms. The van der Waals surface area contributed by atoms with Gasteiger partial charge in [0, 0.05) is 41.3 Å². The van der Waals surface area contributed by atoms with Gasteiger partial charge in [-0.25, -0.2) is 4.39 Å². The normalized spacial score (nSPS) is 11.1. The molecule has 10 heteroatoms. The highest BCUT2D eigenvalue weighted by molar-refractivity contribution is 6.26. The second-order valence-electron chi connectivity index (χ2n) is 7.64. The average molecular weight is 503 g/mol. The standard InChI is InChI=1S/C27H23FN4O5/c1-35-24-13-18-21(14-25(24)36-2)30-11-10-22(18)37-23-9-8-17(12-20(23)28)32-27(34)19(15-29)26(33)31-16-6-4-3-5-7-16/h3-15H,29H2,1-2H3,(H,31,33)(H,32,34)/b19-15+. The smallest absolute Gasteiger partial charge is 0.262 e. The number of nitrogens with zero attached hydrogens (tertiary/aromatic N) is 1. The number of pyridine rings is 1. The Balaban J connectivity index is 1.51. The number of carbonyl (C=O) groups is 2. The van der Waals surface area contributed by atoms with Crippen LogP contribution < -0.4 is 30.6 Å². The lowest BCUT2D eigenvalue weighted by Crippen LogP contribution is -2.26. The Labute approximate surface area is 211 Å². The van der Waals surface area contributed by atoms with Crippen molar-refractivity contribution in [3.05, 3.63) is 90.5 Å². The molecule has 0 fully saturated rings. The summed E-state index contributed by atoms with van der Waals surface area (Å²) in [6.07, 6.45) is 2.41. The van der Waals surface area contributed by atoms with Crippen molar-refractivity contribution < 1.29 is 28.2 Å². The molecule has 2 amide bonds. The van der Waals surface area contributed by atoms with Crippen LogP contribution in [0.5, 0.6) is 23.0 Å². The maximum Gasteiger partial charge on any atom is 0.262 e. The zero-order valence-electron chi connectivity index (χ0n) is 19.9. The van der Waals surface area contributed by atoms with E-state index in [0.29, 0.717) is 33.8 Å². The molecule has 3 aromatic carbocycles. The average Bonchev–Trinajstić information content (AvgIpc) is 2.90. The van der Waals surface area contributed by atoms with Crippen LogP contribution in [0.4, 0.5) is 15.8 Å². The Morgan fingerprint density at radius 1 is 0.838 bits per heavy atom. The van der Waals surface area contributed by atoms with Gasteiger partial charge in [0.15, 0.2) is 23.1 Å². The van der Waals surface area contributed by atoms with Crippen LogP contribution in [-0.4, -0.2) is 31.0 Å². The van der Waals surface area contributed by atoms with Gasteiger partial charge in [0.05, 0.1) is 19.7 Å². The van der Waals surface area contributed by atoms with Gasteiger partial charge in [0.25, 0.3) is 11.8 Å². The Kier molecular flexibility index (Phi) is 7.48. The minimum absolute atomic E-state index is 0.0864. The molecule has 1 heterocycles. The molecule has 0 aliphatic rings. The van der Waals surface area contributed by atoms with Crippen LogP contribution in [0.15, 0.2) is 84.7 Å². The van der Waals surface area contributed by atoms with Crippen LogP contribution in [0.25, 0.3) is 10.9 Å². The summed E-state index contributed by atoms with van der Waals surface area (Å²) in [5.74, 6) is -1.03. The maximum atomic E-state index is 14.9. The molecule has 9 nitrogen and oxygen atoms in total. The van der Waals surface area contributed by atoms with Crippen molar-refractivity contribution in [1.82, 2.24) is 4.98 Å². The third kappa shape index (κ3) is 5.59. The van der Waals surface area contributed by atoms with E-state index in [1.165, 1.54) is 32.5 Å². The fourth-order valence-electron chi connectivity index (χ4n) is 3.49. The van der Waals surface area contributed by atoms with E-state index in [4.69, 9.17) is 19.9 Å². The van der Waals surface area contributed by atoms with E-state index in [1.54, 1.807) is 48.5 Å². The maximum absolute atomic E-state index is 14.9. The van der Waals surface area contributed by atoms with Crippen LogP contribution in [0.3, 0.4) is 0 Å². The van der Waals surface area contributed by atoms with E-state index in [0.717, 1.165) is 12.3 Å². The summed E-state index contributed by atoms with van der Waals surface area (Å²) in [6.45, 7) is 0. The van der Waals surface area contributed by atoms with Gasteiger partial charge in [0.1, 0.15) is 11.3 Å². The van der Waals surface area contributed by atoms with Gasteiger partial charge in [-0.05, 0) is 36.4 Å². The lowest BCUT2D eigenvalue weighted by Gasteiger charge is -2.13. The molecule has 0 saturated carbocycles. The number of nitrogens with one attached hydrogen (secondary N) is 2. The van der Waals surface area contributed by atoms with E-state index >= 15 is 0 Å². The number of para-hydroxylation sites is 1. The van der Waals surface area contributed by atoms with E-state index in [2.05, 4.69) is 15.6 Å². The van der Waals surface area contributed by atoms with Crippen LogP contribution in [-0.2, 0) is 9.59 Å². The molecule has 0 unspecified atom stereocenters. The molecule has 0 spiro atoms. The Hall–Kier alpha value is -5.12. The molecule has 1 aromatic heterocycles. The quantitative estimate of drug-likeness (QED) is 0.183. The molecule has 0 saturated heterocycles. The highest BCUT2D eigenvalue weighted by atomic mass is 19.1. The summed E-state index contributed by atoms with van der Waals surface area (Å²) in [6, 6.07) is 17.4. The number of carbonyl (C=O) groups excluding carboxylic acids is 2. The summed E-state index contributed by atoms with van der Waals surface area (Å²) < 4.78 is 31.4. The van der Waals surface area contributed by atoms with Gasteiger partial charge in [0.2, 0.25) is 0 Å². The van der Waals surface area contributed by atoms with Crippen molar-refractivity contribution in [2.24, 2.45) is 5.73 Å². The van der Waals surface area contributed by atoms with E-state index < -0.39 is 17.6 Å². The van der Waals surface area contributed by atoms with Gasteiger partial charge in [-0.15, -0.1) is 0 Å². The monoisotopic (exact) mass is 502 g/mol. The number of hydrogen-bond acceptors (Lipinski definition) is 7. The fraction of sp³-hybridized carbons (Fsp3) is 0.0741. The number of hydrogen-bond donors (Lipinski definition) is 3. The van der Waals surface area contributed by atoms with E-state index in [-0.39, 0.29) is 17.0 Å². The molecular formula is C27H23FN4O5.